The van der Waals surface area contributed by atoms with Crippen LogP contribution in [-0.2, 0) is 11.3 Å². The molecular formula is C13H24N4O2. The van der Waals surface area contributed by atoms with Gasteiger partial charge in [-0.25, -0.2) is 4.68 Å². The van der Waals surface area contributed by atoms with E-state index in [1.807, 2.05) is 11.9 Å². The standard InChI is InChI=1S/C13H24N4O2/c1-4-5-14-6-7-17-13(18)10-12(11-15-17)16(2)8-9-19-3/h10-11,14H,4-9H2,1-3H3. The fourth-order valence-electron chi connectivity index (χ4n) is 1.64. The molecule has 0 aromatic carbocycles. The molecule has 1 N–H and O–H groups in total. The van der Waals surface area contributed by atoms with Crippen LogP contribution < -0.4 is 15.8 Å². The normalized spacial score (nSPS) is 10.7. The van der Waals surface area contributed by atoms with Gasteiger partial charge in [0.2, 0.25) is 0 Å². The minimum absolute atomic E-state index is 0.0694. The molecule has 0 saturated heterocycles. The van der Waals surface area contributed by atoms with Crippen LogP contribution in [-0.4, -0.2) is 50.2 Å². The number of nitrogens with zero attached hydrogens (tertiary/aromatic N) is 3. The lowest BCUT2D eigenvalue weighted by Gasteiger charge is -2.18. The van der Waals surface area contributed by atoms with Crippen LogP contribution in [0.25, 0.3) is 0 Å². The topological polar surface area (TPSA) is 59.4 Å². The summed E-state index contributed by atoms with van der Waals surface area (Å²) in [6.07, 6.45) is 2.81. The molecule has 6 nitrogen and oxygen atoms in total. The smallest absolute Gasteiger partial charge is 0.268 e. The van der Waals surface area contributed by atoms with Crippen LogP contribution in [0.15, 0.2) is 17.1 Å². The predicted octanol–water partition coefficient (Wildman–Crippen LogP) is 0.326. The van der Waals surface area contributed by atoms with E-state index in [0.29, 0.717) is 13.2 Å². The van der Waals surface area contributed by atoms with Gasteiger partial charge in [0.25, 0.3) is 5.56 Å². The first-order chi connectivity index (χ1) is 9.19. The number of ether oxygens (including phenoxy) is 1. The number of anilines is 1. The van der Waals surface area contributed by atoms with Crippen LogP contribution >= 0.6 is 0 Å². The van der Waals surface area contributed by atoms with E-state index in [1.54, 1.807) is 19.4 Å². The Labute approximate surface area is 114 Å². The molecule has 1 rings (SSSR count). The van der Waals surface area contributed by atoms with Crippen LogP contribution in [0.5, 0.6) is 0 Å². The summed E-state index contributed by atoms with van der Waals surface area (Å²) < 4.78 is 6.49. The van der Waals surface area contributed by atoms with Gasteiger partial charge < -0.3 is 15.0 Å². The lowest BCUT2D eigenvalue weighted by Crippen LogP contribution is -2.30. The summed E-state index contributed by atoms with van der Waals surface area (Å²) in [6, 6.07) is 1.61. The van der Waals surface area contributed by atoms with Crippen LogP contribution in [0.4, 0.5) is 5.69 Å². The Hall–Kier alpha value is -1.40. The van der Waals surface area contributed by atoms with Crippen molar-refractivity contribution < 1.29 is 4.74 Å². The fourth-order valence-corrected chi connectivity index (χ4v) is 1.64. The number of rotatable bonds is 9. The largest absolute Gasteiger partial charge is 0.383 e. The molecule has 0 saturated carbocycles. The maximum Gasteiger partial charge on any atom is 0.268 e. The summed E-state index contributed by atoms with van der Waals surface area (Å²) in [5.74, 6) is 0. The second kappa shape index (κ2) is 8.66. The Morgan fingerprint density at radius 1 is 1.47 bits per heavy atom. The highest BCUT2D eigenvalue weighted by Gasteiger charge is 2.04. The van der Waals surface area contributed by atoms with Crippen molar-refractivity contribution in [3.63, 3.8) is 0 Å². The number of likely N-dealkylation sites (N-methyl/N-ethyl adjacent to an activating group) is 1. The zero-order valence-electron chi connectivity index (χ0n) is 12.1. The van der Waals surface area contributed by atoms with Crippen molar-refractivity contribution in [2.75, 3.05) is 45.3 Å². The molecule has 0 aliphatic rings. The molecule has 0 unspecified atom stereocenters. The van der Waals surface area contributed by atoms with Gasteiger partial charge in [0.1, 0.15) is 0 Å². The summed E-state index contributed by atoms with van der Waals surface area (Å²) in [4.78, 5) is 13.9. The molecule has 0 fully saturated rings. The van der Waals surface area contributed by atoms with Crippen molar-refractivity contribution in [3.05, 3.63) is 22.6 Å². The zero-order valence-corrected chi connectivity index (χ0v) is 12.1. The average Bonchev–Trinajstić information content (AvgIpc) is 2.42. The summed E-state index contributed by atoms with van der Waals surface area (Å²) in [5.41, 5.74) is 0.750. The molecule has 0 bridgehead atoms. The van der Waals surface area contributed by atoms with E-state index in [2.05, 4.69) is 17.3 Å². The number of nitrogens with one attached hydrogen (secondary N) is 1. The molecule has 0 spiro atoms. The van der Waals surface area contributed by atoms with E-state index < -0.39 is 0 Å². The molecule has 1 aromatic heterocycles. The van der Waals surface area contributed by atoms with Gasteiger partial charge in [-0.05, 0) is 13.0 Å². The monoisotopic (exact) mass is 268 g/mol. The lowest BCUT2D eigenvalue weighted by molar-refractivity contribution is 0.206. The van der Waals surface area contributed by atoms with Gasteiger partial charge in [0.05, 0.1) is 25.0 Å². The molecule has 1 heterocycles. The molecule has 0 atom stereocenters. The highest BCUT2D eigenvalue weighted by atomic mass is 16.5. The summed E-state index contributed by atoms with van der Waals surface area (Å²) in [6.45, 7) is 5.80. The summed E-state index contributed by atoms with van der Waals surface area (Å²) >= 11 is 0. The van der Waals surface area contributed by atoms with Gasteiger partial charge in [-0.3, -0.25) is 4.79 Å². The highest BCUT2D eigenvalue weighted by molar-refractivity contribution is 5.41. The van der Waals surface area contributed by atoms with E-state index in [-0.39, 0.29) is 5.56 Å². The fraction of sp³-hybridized carbons (Fsp3) is 0.692. The zero-order chi connectivity index (χ0) is 14.1. The molecule has 6 heteroatoms. The summed E-state index contributed by atoms with van der Waals surface area (Å²) in [7, 11) is 3.58. The third-order valence-corrected chi connectivity index (χ3v) is 2.85. The van der Waals surface area contributed by atoms with Crippen molar-refractivity contribution in [2.24, 2.45) is 0 Å². The first kappa shape index (κ1) is 15.7. The van der Waals surface area contributed by atoms with Gasteiger partial charge in [-0.1, -0.05) is 6.92 Å². The lowest BCUT2D eigenvalue weighted by atomic mass is 10.4. The van der Waals surface area contributed by atoms with E-state index in [1.165, 1.54) is 4.68 Å². The van der Waals surface area contributed by atoms with E-state index in [0.717, 1.165) is 31.7 Å². The van der Waals surface area contributed by atoms with Crippen molar-refractivity contribution in [3.8, 4) is 0 Å². The molecule has 19 heavy (non-hydrogen) atoms. The minimum Gasteiger partial charge on any atom is -0.383 e. The Bertz CT molecular complexity index is 419. The van der Waals surface area contributed by atoms with Gasteiger partial charge >= 0.3 is 0 Å². The molecule has 0 aliphatic heterocycles. The Kier molecular flexibility index (Phi) is 7.14. The molecule has 0 aliphatic carbocycles. The van der Waals surface area contributed by atoms with E-state index in [4.69, 9.17) is 4.74 Å². The number of hydrogen-bond acceptors (Lipinski definition) is 5. The second-order valence-electron chi connectivity index (χ2n) is 4.44. The quantitative estimate of drug-likeness (QED) is 0.654. The molecular weight excluding hydrogens is 244 g/mol. The van der Waals surface area contributed by atoms with Gasteiger partial charge in [-0.2, -0.15) is 5.10 Å². The van der Waals surface area contributed by atoms with Crippen LogP contribution in [0.2, 0.25) is 0 Å². The number of hydrogen-bond donors (Lipinski definition) is 1. The first-order valence-corrected chi connectivity index (χ1v) is 6.67. The number of aromatic nitrogens is 2. The van der Waals surface area contributed by atoms with Crippen molar-refractivity contribution in [2.45, 2.75) is 19.9 Å². The van der Waals surface area contributed by atoms with Crippen LogP contribution in [0, 0.1) is 0 Å². The maximum atomic E-state index is 11.9. The van der Waals surface area contributed by atoms with E-state index in [9.17, 15) is 4.79 Å². The Morgan fingerprint density at radius 2 is 2.26 bits per heavy atom. The van der Waals surface area contributed by atoms with Crippen LogP contribution in [0.3, 0.4) is 0 Å². The Balaban J connectivity index is 2.56. The molecule has 0 amide bonds. The predicted molar refractivity (Wildman–Crippen MR) is 76.8 cm³/mol. The molecule has 108 valence electrons. The maximum absolute atomic E-state index is 11.9. The first-order valence-electron chi connectivity index (χ1n) is 6.67. The SMILES string of the molecule is CCCNCCn1ncc(N(C)CCOC)cc1=O. The van der Waals surface area contributed by atoms with Gasteiger partial charge in [0.15, 0.2) is 0 Å². The molecule has 1 aromatic rings. The number of methoxy groups -OCH3 is 1. The van der Waals surface area contributed by atoms with Crippen molar-refractivity contribution >= 4 is 5.69 Å². The van der Waals surface area contributed by atoms with Crippen molar-refractivity contribution in [1.29, 1.82) is 0 Å². The third kappa shape index (κ3) is 5.40. The summed E-state index contributed by atoms with van der Waals surface area (Å²) in [5, 5.41) is 7.44. The second-order valence-corrected chi connectivity index (χ2v) is 4.44. The van der Waals surface area contributed by atoms with Crippen LogP contribution in [0.1, 0.15) is 13.3 Å². The van der Waals surface area contributed by atoms with Gasteiger partial charge in [-0.15, -0.1) is 0 Å². The van der Waals surface area contributed by atoms with E-state index >= 15 is 0 Å². The van der Waals surface area contributed by atoms with Crippen molar-refractivity contribution in [1.82, 2.24) is 15.1 Å². The van der Waals surface area contributed by atoms with Gasteiger partial charge in [0, 0.05) is 33.3 Å². The third-order valence-electron chi connectivity index (χ3n) is 2.85. The average molecular weight is 268 g/mol. The Morgan fingerprint density at radius 3 is 2.89 bits per heavy atom. The molecule has 0 radical (unpaired) electrons. The highest BCUT2D eigenvalue weighted by Crippen LogP contribution is 2.05. The minimum atomic E-state index is -0.0694.